The number of rotatable bonds is 4. The van der Waals surface area contributed by atoms with Gasteiger partial charge in [-0.1, -0.05) is 23.2 Å². The molecule has 0 bridgehead atoms. The summed E-state index contributed by atoms with van der Waals surface area (Å²) in [6, 6.07) is 2.54. The van der Waals surface area contributed by atoms with Crippen LogP contribution < -0.4 is 5.32 Å². The van der Waals surface area contributed by atoms with Crippen molar-refractivity contribution in [3.63, 3.8) is 0 Å². The normalized spacial score (nSPS) is 20.5. The van der Waals surface area contributed by atoms with Gasteiger partial charge in [-0.05, 0) is 12.1 Å². The predicted molar refractivity (Wildman–Crippen MR) is 106 cm³/mol. The quantitative estimate of drug-likeness (QED) is 0.469. The van der Waals surface area contributed by atoms with Gasteiger partial charge in [0.1, 0.15) is 17.6 Å². The summed E-state index contributed by atoms with van der Waals surface area (Å²) in [6.45, 7) is 0.694. The maximum Gasteiger partial charge on any atom is 0.295 e. The lowest BCUT2D eigenvalue weighted by Crippen LogP contribution is -2.44. The number of aliphatic hydroxyl groups excluding tert-OH is 2. The molecule has 162 valence electrons. The number of hydrogen-bond acceptors (Lipinski definition) is 7. The van der Waals surface area contributed by atoms with Gasteiger partial charge in [-0.3, -0.25) is 19.2 Å². The molecule has 2 unspecified atom stereocenters. The molecule has 1 aromatic carbocycles. The van der Waals surface area contributed by atoms with Crippen LogP contribution in [-0.2, 0) is 24.3 Å². The minimum absolute atomic E-state index is 0.0307. The molecule has 0 radical (unpaired) electrons. The number of aromatic nitrogens is 2. The van der Waals surface area contributed by atoms with Crippen molar-refractivity contribution in [3.05, 3.63) is 44.9 Å². The molecule has 2 aliphatic rings. The van der Waals surface area contributed by atoms with Crippen LogP contribution in [0.3, 0.4) is 0 Å². The van der Waals surface area contributed by atoms with Crippen LogP contribution in [0.15, 0.2) is 12.1 Å². The van der Waals surface area contributed by atoms with E-state index >= 15 is 0 Å². The minimum Gasteiger partial charge on any atom is -0.393 e. The number of nitrogens with one attached hydrogen (secondary N) is 1. The Hall–Kier alpha value is -1.95. The van der Waals surface area contributed by atoms with Gasteiger partial charge in [0.15, 0.2) is 6.35 Å². The first-order valence-corrected chi connectivity index (χ1v) is 10.0. The van der Waals surface area contributed by atoms with Crippen molar-refractivity contribution in [1.82, 2.24) is 19.7 Å². The van der Waals surface area contributed by atoms with E-state index in [1.165, 1.54) is 13.1 Å². The maximum absolute atomic E-state index is 13.5. The highest BCUT2D eigenvalue weighted by molar-refractivity contribution is 6.43. The van der Waals surface area contributed by atoms with Gasteiger partial charge in [0.25, 0.3) is 5.91 Å². The zero-order valence-corrected chi connectivity index (χ0v) is 17.5. The molecule has 30 heavy (non-hydrogen) atoms. The minimum atomic E-state index is -1.16. The van der Waals surface area contributed by atoms with E-state index in [4.69, 9.17) is 28.0 Å². The van der Waals surface area contributed by atoms with Gasteiger partial charge in [-0.2, -0.15) is 5.10 Å². The van der Waals surface area contributed by atoms with Crippen molar-refractivity contribution < 1.29 is 24.2 Å². The van der Waals surface area contributed by atoms with Crippen molar-refractivity contribution in [3.8, 4) is 0 Å². The van der Waals surface area contributed by atoms with Crippen molar-refractivity contribution in [1.29, 1.82) is 0 Å². The van der Waals surface area contributed by atoms with Crippen LogP contribution in [0.2, 0.25) is 10.0 Å². The summed E-state index contributed by atoms with van der Waals surface area (Å²) in [4.78, 5) is 19.9. The molecular weight excluding hydrogens is 440 g/mol. The second-order valence-corrected chi connectivity index (χ2v) is 7.89. The van der Waals surface area contributed by atoms with Crippen LogP contribution in [0.5, 0.6) is 0 Å². The van der Waals surface area contributed by atoms with E-state index in [1.807, 2.05) is 0 Å². The molecule has 3 heterocycles. The summed E-state index contributed by atoms with van der Waals surface area (Å²) in [7, 11) is 1.48. The summed E-state index contributed by atoms with van der Waals surface area (Å²) in [5.74, 6) is -1.03. The van der Waals surface area contributed by atoms with E-state index in [0.717, 1.165) is 16.8 Å². The highest BCUT2D eigenvalue weighted by atomic mass is 35.5. The van der Waals surface area contributed by atoms with Crippen molar-refractivity contribution in [2.45, 2.75) is 32.0 Å². The first kappa shape index (κ1) is 21.3. The number of halogens is 3. The topological polar surface area (TPSA) is 103 Å². The summed E-state index contributed by atoms with van der Waals surface area (Å²) in [5, 5.41) is 28.3. The average molecular weight is 460 g/mol. The lowest BCUT2D eigenvalue weighted by molar-refractivity contribution is -0.159. The third-order valence-corrected chi connectivity index (χ3v) is 6.03. The average Bonchev–Trinajstić information content (AvgIpc) is 3.04. The second-order valence-electron chi connectivity index (χ2n) is 7.13. The fraction of sp³-hybridized carbons (Fsp3) is 0.444. The van der Waals surface area contributed by atoms with Gasteiger partial charge >= 0.3 is 0 Å². The molecule has 1 amide bonds. The zero-order chi connectivity index (χ0) is 21.6. The first-order valence-electron chi connectivity index (χ1n) is 9.26. The van der Waals surface area contributed by atoms with Crippen LogP contribution in [0.4, 0.5) is 10.1 Å². The van der Waals surface area contributed by atoms with Gasteiger partial charge in [0, 0.05) is 32.1 Å². The monoisotopic (exact) mass is 459 g/mol. The Morgan fingerprint density at radius 3 is 2.90 bits per heavy atom. The SMILES string of the molecule is CN1OC(CO)Cn2nc3c(c2C1=O)CN(C(O)Nc1ccc(F)c(Cl)c1Cl)CC3. The number of hydrogen-bond donors (Lipinski definition) is 3. The highest BCUT2D eigenvalue weighted by Crippen LogP contribution is 2.33. The molecule has 4 rings (SSSR count). The number of fused-ring (bicyclic) bond motifs is 3. The molecule has 2 aliphatic heterocycles. The van der Waals surface area contributed by atoms with E-state index in [0.29, 0.717) is 24.2 Å². The van der Waals surface area contributed by atoms with Crippen LogP contribution >= 0.6 is 23.2 Å². The van der Waals surface area contributed by atoms with Gasteiger partial charge < -0.3 is 15.5 Å². The smallest absolute Gasteiger partial charge is 0.295 e. The standard InChI is InChI=1S/C18H20Cl2FN5O4/c1-24-17(28)16-10-7-25(5-4-12(10)23-26(16)6-9(8-27)30-24)18(29)22-13-3-2-11(21)14(19)15(13)20/h2-3,9,18,22,27,29H,4-8H2,1H3. The molecule has 2 aromatic rings. The number of amides is 1. The molecule has 1 aromatic heterocycles. The molecule has 0 aliphatic carbocycles. The molecule has 3 N–H and O–H groups in total. The predicted octanol–water partition coefficient (Wildman–Crippen LogP) is 1.45. The third-order valence-electron chi connectivity index (χ3n) is 5.17. The van der Waals surface area contributed by atoms with Gasteiger partial charge in [0.05, 0.1) is 34.6 Å². The Labute approximate surface area is 181 Å². The Balaban J connectivity index is 1.57. The molecule has 12 heteroatoms. The van der Waals surface area contributed by atoms with Crippen LogP contribution in [-0.4, -0.2) is 68.5 Å². The lowest BCUT2D eigenvalue weighted by Gasteiger charge is -2.32. The molecule has 9 nitrogen and oxygen atoms in total. The molecule has 2 atom stereocenters. The van der Waals surface area contributed by atoms with Gasteiger partial charge in [0.2, 0.25) is 0 Å². The van der Waals surface area contributed by atoms with Crippen molar-refractivity contribution in [2.24, 2.45) is 0 Å². The van der Waals surface area contributed by atoms with Gasteiger partial charge in [-0.25, -0.2) is 9.45 Å². The highest BCUT2D eigenvalue weighted by Gasteiger charge is 2.35. The molecule has 0 saturated carbocycles. The maximum atomic E-state index is 13.5. The third kappa shape index (κ3) is 3.75. The first-order chi connectivity index (χ1) is 14.3. The number of nitrogens with zero attached hydrogens (tertiary/aromatic N) is 4. The number of hydroxylamine groups is 2. The molecule has 0 saturated heterocycles. The zero-order valence-electron chi connectivity index (χ0n) is 16.0. The molecule has 0 spiro atoms. The Kier molecular flexibility index (Phi) is 5.88. The number of aliphatic hydroxyl groups is 2. The molecule has 0 fully saturated rings. The number of benzene rings is 1. The summed E-state index contributed by atoms with van der Waals surface area (Å²) in [6.07, 6.45) is -1.24. The van der Waals surface area contributed by atoms with Gasteiger partial charge in [-0.15, -0.1) is 0 Å². The lowest BCUT2D eigenvalue weighted by atomic mass is 10.0. The number of anilines is 1. The number of carbonyl (C=O) groups is 1. The fourth-order valence-corrected chi connectivity index (χ4v) is 4.01. The second kappa shape index (κ2) is 8.29. The fourth-order valence-electron chi connectivity index (χ4n) is 3.63. The summed E-state index contributed by atoms with van der Waals surface area (Å²) in [5.41, 5.74) is 2.09. The Morgan fingerprint density at radius 1 is 1.40 bits per heavy atom. The van der Waals surface area contributed by atoms with E-state index in [-0.39, 0.29) is 41.3 Å². The van der Waals surface area contributed by atoms with E-state index in [2.05, 4.69) is 10.4 Å². The van der Waals surface area contributed by atoms with E-state index in [1.54, 1.807) is 9.58 Å². The van der Waals surface area contributed by atoms with Crippen molar-refractivity contribution >= 4 is 34.8 Å². The van der Waals surface area contributed by atoms with Crippen LogP contribution in [0.1, 0.15) is 21.7 Å². The van der Waals surface area contributed by atoms with Crippen molar-refractivity contribution in [2.75, 3.05) is 25.5 Å². The Morgan fingerprint density at radius 2 is 2.17 bits per heavy atom. The largest absolute Gasteiger partial charge is 0.393 e. The van der Waals surface area contributed by atoms with Crippen LogP contribution in [0, 0.1) is 5.82 Å². The van der Waals surface area contributed by atoms with E-state index < -0.39 is 18.3 Å². The number of carbonyl (C=O) groups excluding carboxylic acids is 1. The van der Waals surface area contributed by atoms with Crippen LogP contribution in [0.25, 0.3) is 0 Å². The summed E-state index contributed by atoms with van der Waals surface area (Å²) < 4.78 is 15.1. The molecular formula is C18H20Cl2FN5O4. The summed E-state index contributed by atoms with van der Waals surface area (Å²) >= 11 is 11.9. The van der Waals surface area contributed by atoms with E-state index in [9.17, 15) is 19.4 Å². The Bertz CT molecular complexity index is 988.